The minimum atomic E-state index is -0.951. The van der Waals surface area contributed by atoms with Crippen LogP contribution in [0.5, 0.6) is 0 Å². The van der Waals surface area contributed by atoms with E-state index < -0.39 is 11.6 Å². The van der Waals surface area contributed by atoms with Gasteiger partial charge in [0.15, 0.2) is 0 Å². The lowest BCUT2D eigenvalue weighted by molar-refractivity contribution is -0.153. The molecule has 2 N–H and O–H groups in total. The second-order valence-electron chi connectivity index (χ2n) is 5.13. The number of ether oxygens (including phenoxy) is 1. The van der Waals surface area contributed by atoms with Crippen LogP contribution in [-0.4, -0.2) is 40.3 Å². The molecule has 0 aliphatic carbocycles. The van der Waals surface area contributed by atoms with Gasteiger partial charge >= 0.3 is 5.97 Å². The largest absolute Gasteiger partial charge is 0.480 e. The molecule has 20 heavy (non-hydrogen) atoms. The summed E-state index contributed by atoms with van der Waals surface area (Å²) in [4.78, 5) is 15.4. The highest BCUT2D eigenvalue weighted by Gasteiger charge is 2.38. The Hall–Kier alpha value is -0.920. The summed E-state index contributed by atoms with van der Waals surface area (Å²) < 4.78 is 8.45. The highest BCUT2D eigenvalue weighted by Crippen LogP contribution is 2.35. The molecule has 1 saturated heterocycles. The SMILES string of the molecule is Cn1cc(Br)nc1C1(OCC(=O)O)CCCCNCC1. The second kappa shape index (κ2) is 6.69. The number of aromatic nitrogens is 2. The van der Waals surface area contributed by atoms with E-state index in [0.717, 1.165) is 49.2 Å². The Labute approximate surface area is 126 Å². The van der Waals surface area contributed by atoms with E-state index >= 15 is 0 Å². The van der Waals surface area contributed by atoms with Gasteiger partial charge in [-0.05, 0) is 54.7 Å². The van der Waals surface area contributed by atoms with Crippen LogP contribution in [-0.2, 0) is 22.2 Å². The van der Waals surface area contributed by atoms with Gasteiger partial charge < -0.3 is 19.7 Å². The van der Waals surface area contributed by atoms with Crippen molar-refractivity contribution in [3.05, 3.63) is 16.6 Å². The van der Waals surface area contributed by atoms with Gasteiger partial charge in [-0.15, -0.1) is 0 Å². The minimum absolute atomic E-state index is 0.301. The molecular formula is C13H20BrN3O3. The van der Waals surface area contributed by atoms with Gasteiger partial charge in [0, 0.05) is 13.2 Å². The van der Waals surface area contributed by atoms with Crippen LogP contribution in [0, 0.1) is 0 Å². The van der Waals surface area contributed by atoms with Crippen LogP contribution in [0.3, 0.4) is 0 Å². The van der Waals surface area contributed by atoms with E-state index in [9.17, 15) is 4.79 Å². The first kappa shape index (κ1) is 15.5. The molecular weight excluding hydrogens is 326 g/mol. The zero-order valence-electron chi connectivity index (χ0n) is 11.6. The first-order chi connectivity index (χ1) is 9.53. The maximum absolute atomic E-state index is 10.9. The predicted molar refractivity (Wildman–Crippen MR) is 77.5 cm³/mol. The maximum Gasteiger partial charge on any atom is 0.329 e. The Morgan fingerprint density at radius 1 is 1.55 bits per heavy atom. The van der Waals surface area contributed by atoms with Gasteiger partial charge in [-0.25, -0.2) is 9.78 Å². The van der Waals surface area contributed by atoms with Crippen molar-refractivity contribution in [2.45, 2.75) is 31.3 Å². The normalized spacial score (nSPS) is 24.1. The number of carboxylic acids is 1. The molecule has 1 aromatic rings. The number of hydrogen-bond acceptors (Lipinski definition) is 4. The zero-order chi connectivity index (χ0) is 14.6. The molecule has 1 unspecified atom stereocenters. The minimum Gasteiger partial charge on any atom is -0.480 e. The summed E-state index contributed by atoms with van der Waals surface area (Å²) in [5, 5.41) is 12.3. The molecule has 2 rings (SSSR count). The van der Waals surface area contributed by atoms with Crippen LogP contribution < -0.4 is 5.32 Å². The standard InChI is InChI=1S/C13H20BrN3O3/c1-17-8-10(14)16-12(17)13(20-9-11(18)19)4-2-3-6-15-7-5-13/h8,15H,2-7,9H2,1H3,(H,18,19). The highest BCUT2D eigenvalue weighted by molar-refractivity contribution is 9.10. The van der Waals surface area contributed by atoms with Gasteiger partial charge in [0.1, 0.15) is 22.6 Å². The molecule has 2 heterocycles. The highest BCUT2D eigenvalue weighted by atomic mass is 79.9. The quantitative estimate of drug-likeness (QED) is 0.867. The molecule has 7 heteroatoms. The number of carboxylic acid groups (broad SMARTS) is 1. The Kier molecular flexibility index (Phi) is 5.17. The van der Waals surface area contributed by atoms with Crippen molar-refractivity contribution in [2.24, 2.45) is 7.05 Å². The number of carbonyl (C=O) groups is 1. The van der Waals surface area contributed by atoms with Gasteiger partial charge in [-0.1, -0.05) is 0 Å². The number of hydrogen-bond donors (Lipinski definition) is 2. The molecule has 1 aliphatic heterocycles. The van der Waals surface area contributed by atoms with E-state index in [1.807, 2.05) is 17.8 Å². The first-order valence-corrected chi connectivity index (χ1v) is 7.59. The first-order valence-electron chi connectivity index (χ1n) is 6.79. The van der Waals surface area contributed by atoms with Crippen molar-refractivity contribution in [1.82, 2.24) is 14.9 Å². The number of nitrogens with zero attached hydrogens (tertiary/aromatic N) is 2. The second-order valence-corrected chi connectivity index (χ2v) is 5.94. The number of imidazole rings is 1. The Bertz CT molecular complexity index is 467. The molecule has 0 spiro atoms. The summed E-state index contributed by atoms with van der Waals surface area (Å²) in [7, 11) is 1.91. The number of halogens is 1. The van der Waals surface area contributed by atoms with Crippen molar-refractivity contribution in [3.8, 4) is 0 Å². The van der Waals surface area contributed by atoms with E-state index in [1.54, 1.807) is 0 Å². The molecule has 1 aliphatic rings. The van der Waals surface area contributed by atoms with Crippen molar-refractivity contribution in [2.75, 3.05) is 19.7 Å². The number of aryl methyl sites for hydroxylation is 1. The van der Waals surface area contributed by atoms with Crippen molar-refractivity contribution < 1.29 is 14.6 Å². The van der Waals surface area contributed by atoms with Crippen LogP contribution in [0.4, 0.5) is 0 Å². The lowest BCUT2D eigenvalue weighted by Crippen LogP contribution is -2.39. The number of nitrogens with one attached hydrogen (secondary N) is 1. The van der Waals surface area contributed by atoms with Crippen LogP contribution in [0.15, 0.2) is 10.8 Å². The molecule has 0 aromatic carbocycles. The van der Waals surface area contributed by atoms with Crippen LogP contribution in [0.1, 0.15) is 31.5 Å². The van der Waals surface area contributed by atoms with Gasteiger partial charge in [-0.2, -0.15) is 0 Å². The van der Waals surface area contributed by atoms with Gasteiger partial charge in [-0.3, -0.25) is 0 Å². The van der Waals surface area contributed by atoms with Crippen LogP contribution in [0.2, 0.25) is 0 Å². The Morgan fingerprint density at radius 2 is 2.35 bits per heavy atom. The summed E-state index contributed by atoms with van der Waals surface area (Å²) >= 11 is 3.37. The number of aliphatic carboxylic acids is 1. The third kappa shape index (κ3) is 3.59. The smallest absolute Gasteiger partial charge is 0.329 e. The lowest BCUT2D eigenvalue weighted by atomic mass is 9.90. The zero-order valence-corrected chi connectivity index (χ0v) is 13.1. The summed E-state index contributed by atoms with van der Waals surface area (Å²) in [6.07, 6.45) is 5.42. The van der Waals surface area contributed by atoms with Crippen LogP contribution in [0.25, 0.3) is 0 Å². The van der Waals surface area contributed by atoms with Crippen molar-refractivity contribution in [3.63, 3.8) is 0 Å². The van der Waals surface area contributed by atoms with Crippen molar-refractivity contribution in [1.29, 1.82) is 0 Å². The third-order valence-corrected chi connectivity index (χ3v) is 4.00. The molecule has 0 bridgehead atoms. The monoisotopic (exact) mass is 345 g/mol. The van der Waals surface area contributed by atoms with Gasteiger partial charge in [0.25, 0.3) is 0 Å². The van der Waals surface area contributed by atoms with Crippen molar-refractivity contribution >= 4 is 21.9 Å². The molecule has 112 valence electrons. The van der Waals surface area contributed by atoms with Gasteiger partial charge in [0.2, 0.25) is 0 Å². The summed E-state index contributed by atoms with van der Waals surface area (Å²) in [6.45, 7) is 1.49. The fourth-order valence-corrected chi connectivity index (χ4v) is 3.16. The van der Waals surface area contributed by atoms with Gasteiger partial charge in [0.05, 0.1) is 0 Å². The molecule has 0 saturated carbocycles. The average Bonchev–Trinajstić information content (AvgIpc) is 2.68. The van der Waals surface area contributed by atoms with E-state index in [2.05, 4.69) is 26.2 Å². The molecule has 0 radical (unpaired) electrons. The lowest BCUT2D eigenvalue weighted by Gasteiger charge is -2.34. The van der Waals surface area contributed by atoms with Crippen LogP contribution >= 0.6 is 15.9 Å². The van der Waals surface area contributed by atoms with E-state index in [4.69, 9.17) is 9.84 Å². The summed E-state index contributed by atoms with van der Waals surface area (Å²) in [5.74, 6) is -0.165. The molecule has 0 amide bonds. The maximum atomic E-state index is 10.9. The Morgan fingerprint density at radius 3 is 3.00 bits per heavy atom. The molecule has 1 atom stereocenters. The molecule has 1 aromatic heterocycles. The topological polar surface area (TPSA) is 76.4 Å². The average molecular weight is 346 g/mol. The van der Waals surface area contributed by atoms with E-state index in [-0.39, 0.29) is 6.61 Å². The summed E-state index contributed by atoms with van der Waals surface area (Å²) in [6, 6.07) is 0. The predicted octanol–water partition coefficient (Wildman–Crippen LogP) is 1.64. The molecule has 6 nitrogen and oxygen atoms in total. The fourth-order valence-electron chi connectivity index (χ4n) is 2.69. The van der Waals surface area contributed by atoms with E-state index in [0.29, 0.717) is 0 Å². The third-order valence-electron chi connectivity index (χ3n) is 3.62. The number of rotatable bonds is 4. The van der Waals surface area contributed by atoms with E-state index in [1.165, 1.54) is 0 Å². The molecule has 1 fully saturated rings. The fraction of sp³-hybridized carbons (Fsp3) is 0.692. The Balaban J connectivity index is 2.30. The summed E-state index contributed by atoms with van der Waals surface area (Å²) in [5.41, 5.74) is -0.632.